The maximum atomic E-state index is 12.6. The van der Waals surface area contributed by atoms with E-state index in [-0.39, 0.29) is 12.1 Å². The number of anilines is 2. The molecule has 33 heavy (non-hydrogen) atoms. The Morgan fingerprint density at radius 1 is 1.21 bits per heavy atom. The van der Waals surface area contributed by atoms with Crippen LogP contribution in [0.25, 0.3) is 16.7 Å². The van der Waals surface area contributed by atoms with Gasteiger partial charge in [-0.3, -0.25) is 4.57 Å². The number of aromatic nitrogens is 3. The molecular formula is C24H31ClN6O2. The monoisotopic (exact) mass is 470 g/mol. The zero-order valence-electron chi connectivity index (χ0n) is 20.0. The maximum Gasteiger partial charge on any atom is 0.410 e. The van der Waals surface area contributed by atoms with Crippen LogP contribution >= 0.6 is 11.6 Å². The van der Waals surface area contributed by atoms with Crippen LogP contribution in [-0.4, -0.2) is 70.9 Å². The molecule has 1 amide bonds. The molecule has 1 aliphatic rings. The van der Waals surface area contributed by atoms with Gasteiger partial charge in [0.25, 0.3) is 0 Å². The minimum atomic E-state index is -0.517. The number of piperazine rings is 1. The molecule has 1 aliphatic heterocycles. The fraction of sp³-hybridized carbons (Fsp3) is 0.458. The van der Waals surface area contributed by atoms with Crippen LogP contribution in [0.3, 0.4) is 0 Å². The molecule has 0 radical (unpaired) electrons. The van der Waals surface area contributed by atoms with Gasteiger partial charge in [0.15, 0.2) is 5.65 Å². The Kier molecular flexibility index (Phi) is 6.14. The molecule has 8 nitrogen and oxygen atoms in total. The molecule has 176 valence electrons. The van der Waals surface area contributed by atoms with Crippen LogP contribution in [0.5, 0.6) is 0 Å². The Morgan fingerprint density at radius 2 is 1.97 bits per heavy atom. The Labute approximate surface area is 199 Å². The van der Waals surface area contributed by atoms with Gasteiger partial charge in [0.05, 0.1) is 11.1 Å². The summed E-state index contributed by atoms with van der Waals surface area (Å²) in [5.74, 6) is 0.861. The summed E-state index contributed by atoms with van der Waals surface area (Å²) in [6, 6.07) is 7.70. The first-order chi connectivity index (χ1) is 15.5. The van der Waals surface area contributed by atoms with Gasteiger partial charge in [-0.15, -0.1) is 0 Å². The number of hydrogen-bond donors (Lipinski definition) is 0. The van der Waals surface area contributed by atoms with Crippen LogP contribution in [0.4, 0.5) is 16.3 Å². The fourth-order valence-electron chi connectivity index (χ4n) is 4.17. The van der Waals surface area contributed by atoms with E-state index < -0.39 is 5.60 Å². The van der Waals surface area contributed by atoms with Gasteiger partial charge in [-0.25, -0.2) is 14.8 Å². The normalized spacial score (nSPS) is 16.9. The second kappa shape index (κ2) is 8.74. The molecule has 0 saturated carbocycles. The minimum Gasteiger partial charge on any atom is -0.444 e. The maximum absolute atomic E-state index is 12.6. The lowest BCUT2D eigenvalue weighted by molar-refractivity contribution is 0.0159. The Balaban J connectivity index is 1.70. The topological polar surface area (TPSA) is 66.7 Å². The molecule has 1 saturated heterocycles. The molecule has 0 N–H and O–H groups in total. The number of benzene rings is 1. The van der Waals surface area contributed by atoms with Gasteiger partial charge in [0.1, 0.15) is 17.7 Å². The molecule has 1 aromatic carbocycles. The van der Waals surface area contributed by atoms with Crippen LogP contribution < -0.4 is 9.80 Å². The highest BCUT2D eigenvalue weighted by Gasteiger charge is 2.32. The van der Waals surface area contributed by atoms with Crippen LogP contribution in [0.1, 0.15) is 27.7 Å². The second-order valence-electron chi connectivity index (χ2n) is 9.62. The molecule has 0 unspecified atom stereocenters. The molecule has 3 aromatic rings. The molecule has 9 heteroatoms. The highest BCUT2D eigenvalue weighted by atomic mass is 35.5. The van der Waals surface area contributed by atoms with E-state index in [4.69, 9.17) is 16.3 Å². The number of nitrogens with zero attached hydrogens (tertiary/aromatic N) is 6. The predicted octanol–water partition coefficient (Wildman–Crippen LogP) is 4.59. The number of hydrogen-bond acceptors (Lipinski definition) is 6. The van der Waals surface area contributed by atoms with Crippen molar-refractivity contribution in [3.05, 3.63) is 41.8 Å². The SMILES string of the molecule is C[C@@H]1CN(c2ncnc3c2c(N(C)C)cn3-c2cccc(Cl)c2)CCN1C(=O)OC(C)(C)C. The predicted molar refractivity (Wildman–Crippen MR) is 133 cm³/mol. The largest absolute Gasteiger partial charge is 0.444 e. The number of halogens is 1. The minimum absolute atomic E-state index is 0.0172. The molecule has 0 spiro atoms. The first-order valence-corrected chi connectivity index (χ1v) is 11.5. The van der Waals surface area contributed by atoms with Crippen molar-refractivity contribution in [2.24, 2.45) is 0 Å². The summed E-state index contributed by atoms with van der Waals surface area (Å²) in [5, 5.41) is 1.64. The van der Waals surface area contributed by atoms with Gasteiger partial charge in [0, 0.05) is 56.7 Å². The average Bonchev–Trinajstić information content (AvgIpc) is 3.12. The lowest BCUT2D eigenvalue weighted by Gasteiger charge is -2.40. The van der Waals surface area contributed by atoms with Crippen molar-refractivity contribution in [1.82, 2.24) is 19.4 Å². The molecule has 2 aromatic heterocycles. The summed E-state index contributed by atoms with van der Waals surface area (Å²) >= 11 is 6.26. The van der Waals surface area contributed by atoms with Gasteiger partial charge in [-0.05, 0) is 45.9 Å². The molecule has 4 rings (SSSR count). The van der Waals surface area contributed by atoms with E-state index in [1.54, 1.807) is 11.2 Å². The number of fused-ring (bicyclic) bond motifs is 1. The van der Waals surface area contributed by atoms with Crippen molar-refractivity contribution in [1.29, 1.82) is 0 Å². The van der Waals surface area contributed by atoms with Crippen LogP contribution in [0.15, 0.2) is 36.8 Å². The van der Waals surface area contributed by atoms with Crippen molar-refractivity contribution in [2.45, 2.75) is 39.3 Å². The quantitative estimate of drug-likeness (QED) is 0.558. The third-order valence-corrected chi connectivity index (χ3v) is 5.90. The first kappa shape index (κ1) is 23.2. The number of rotatable bonds is 3. The van der Waals surface area contributed by atoms with Gasteiger partial charge in [-0.1, -0.05) is 17.7 Å². The molecule has 0 bridgehead atoms. The lowest BCUT2D eigenvalue weighted by Crippen LogP contribution is -2.55. The van der Waals surface area contributed by atoms with Crippen LogP contribution in [0, 0.1) is 0 Å². The summed E-state index contributed by atoms with van der Waals surface area (Å²) in [6.45, 7) is 9.57. The van der Waals surface area contributed by atoms with E-state index in [0.29, 0.717) is 24.7 Å². The second-order valence-corrected chi connectivity index (χ2v) is 10.1. The van der Waals surface area contributed by atoms with E-state index >= 15 is 0 Å². The fourth-order valence-corrected chi connectivity index (χ4v) is 4.36. The van der Waals surface area contributed by atoms with E-state index in [9.17, 15) is 4.79 Å². The highest BCUT2D eigenvalue weighted by Crippen LogP contribution is 2.36. The van der Waals surface area contributed by atoms with Crippen LogP contribution in [0.2, 0.25) is 5.02 Å². The molecule has 0 aliphatic carbocycles. The third kappa shape index (κ3) is 4.71. The number of amides is 1. The summed E-state index contributed by atoms with van der Waals surface area (Å²) in [4.78, 5) is 28.0. The van der Waals surface area contributed by atoms with E-state index in [0.717, 1.165) is 28.2 Å². The van der Waals surface area contributed by atoms with Crippen molar-refractivity contribution in [3.8, 4) is 5.69 Å². The van der Waals surface area contributed by atoms with Gasteiger partial charge < -0.3 is 19.4 Å². The van der Waals surface area contributed by atoms with Gasteiger partial charge >= 0.3 is 6.09 Å². The average molecular weight is 471 g/mol. The summed E-state index contributed by atoms with van der Waals surface area (Å²) < 4.78 is 7.64. The van der Waals surface area contributed by atoms with E-state index in [2.05, 4.69) is 26.0 Å². The van der Waals surface area contributed by atoms with Crippen molar-refractivity contribution in [2.75, 3.05) is 43.5 Å². The zero-order valence-corrected chi connectivity index (χ0v) is 20.8. The number of carbonyl (C=O) groups excluding carboxylic acids is 1. The lowest BCUT2D eigenvalue weighted by atomic mass is 10.1. The summed E-state index contributed by atoms with van der Waals surface area (Å²) in [5.41, 5.74) is 2.25. The highest BCUT2D eigenvalue weighted by molar-refractivity contribution is 6.30. The van der Waals surface area contributed by atoms with E-state index in [1.807, 2.05) is 70.6 Å². The molecule has 1 atom stereocenters. The smallest absolute Gasteiger partial charge is 0.410 e. The van der Waals surface area contributed by atoms with E-state index in [1.165, 1.54) is 0 Å². The molecular weight excluding hydrogens is 440 g/mol. The standard InChI is InChI=1S/C24H31ClN6O2/c1-16-13-29(10-11-30(16)23(32)33-24(2,3)4)21-20-19(28(5)6)14-31(22(20)27-15-26-21)18-9-7-8-17(25)12-18/h7-9,12,14-16H,10-11,13H2,1-6H3/t16-/m1/s1. The van der Waals surface area contributed by atoms with Crippen molar-refractivity contribution >= 4 is 40.2 Å². The summed E-state index contributed by atoms with van der Waals surface area (Å²) in [6.07, 6.45) is 3.39. The molecule has 3 heterocycles. The Morgan fingerprint density at radius 3 is 2.61 bits per heavy atom. The van der Waals surface area contributed by atoms with Crippen LogP contribution in [-0.2, 0) is 4.74 Å². The molecule has 1 fully saturated rings. The van der Waals surface area contributed by atoms with Crippen molar-refractivity contribution in [3.63, 3.8) is 0 Å². The summed E-state index contributed by atoms with van der Waals surface area (Å²) in [7, 11) is 4.02. The van der Waals surface area contributed by atoms with Gasteiger partial charge in [0.2, 0.25) is 0 Å². The Bertz CT molecular complexity index is 1170. The number of carbonyl (C=O) groups is 1. The van der Waals surface area contributed by atoms with Crippen molar-refractivity contribution < 1.29 is 9.53 Å². The Hall–Kier alpha value is -3.00. The third-order valence-electron chi connectivity index (χ3n) is 5.67. The number of ether oxygens (including phenoxy) is 1. The zero-order chi connectivity index (χ0) is 23.9. The first-order valence-electron chi connectivity index (χ1n) is 11.1. The van der Waals surface area contributed by atoms with Gasteiger partial charge in [-0.2, -0.15) is 0 Å².